The zero-order chi connectivity index (χ0) is 13.3. The van der Waals surface area contributed by atoms with E-state index in [1.165, 1.54) is 0 Å². The first-order valence-electron chi connectivity index (χ1n) is 5.60. The van der Waals surface area contributed by atoms with Crippen LogP contribution in [0.1, 0.15) is 6.42 Å². The van der Waals surface area contributed by atoms with Gasteiger partial charge >= 0.3 is 0 Å². The Balaban J connectivity index is 2.07. The Labute approximate surface area is 104 Å². The number of aromatic hydroxyl groups is 1. The summed E-state index contributed by atoms with van der Waals surface area (Å²) in [5.41, 5.74) is 10.7. The van der Waals surface area contributed by atoms with E-state index in [4.69, 9.17) is 16.6 Å². The maximum Gasteiger partial charge on any atom is 0.241 e. The van der Waals surface area contributed by atoms with Crippen molar-refractivity contribution < 1.29 is 15.3 Å². The minimum Gasteiger partial charge on any atom is -0.492 e. The Hall–Kier alpha value is -1.80. The highest BCUT2D eigenvalue weighted by atomic mass is 16.3. The molecular weight excluding hydrogens is 238 g/mol. The number of rotatable bonds is 5. The lowest BCUT2D eigenvalue weighted by molar-refractivity contribution is 0.180. The Morgan fingerprint density at radius 2 is 2.06 bits per heavy atom. The van der Waals surface area contributed by atoms with Gasteiger partial charge in [-0.2, -0.15) is 9.97 Å². The minimum atomic E-state index is -0.377. The molecule has 1 aromatic heterocycles. The second-order valence-electron chi connectivity index (χ2n) is 4.63. The van der Waals surface area contributed by atoms with Gasteiger partial charge in [0.2, 0.25) is 11.8 Å². The van der Waals surface area contributed by atoms with Gasteiger partial charge in [0, 0.05) is 18.6 Å². The zero-order valence-electron chi connectivity index (χ0n) is 9.80. The van der Waals surface area contributed by atoms with Gasteiger partial charge < -0.3 is 32.1 Å². The number of nitrogens with two attached hydrogens (primary N) is 2. The van der Waals surface area contributed by atoms with Crippen molar-refractivity contribution in [1.82, 2.24) is 9.97 Å². The summed E-state index contributed by atoms with van der Waals surface area (Å²) in [6.07, 6.45) is 0.736. The molecule has 1 aliphatic rings. The van der Waals surface area contributed by atoms with Crippen molar-refractivity contribution in [3.8, 4) is 5.88 Å². The summed E-state index contributed by atoms with van der Waals surface area (Å²) in [5.74, 6) is -0.158. The van der Waals surface area contributed by atoms with Gasteiger partial charge in [0.1, 0.15) is 5.69 Å². The van der Waals surface area contributed by atoms with Crippen molar-refractivity contribution in [2.24, 2.45) is 11.3 Å². The van der Waals surface area contributed by atoms with Crippen molar-refractivity contribution in [3.63, 3.8) is 0 Å². The van der Waals surface area contributed by atoms with Gasteiger partial charge in [-0.1, -0.05) is 0 Å². The van der Waals surface area contributed by atoms with Crippen LogP contribution in [0.4, 0.5) is 17.5 Å². The summed E-state index contributed by atoms with van der Waals surface area (Å²) in [7, 11) is 0. The number of aliphatic hydroxyl groups excluding tert-OH is 2. The molecule has 0 saturated heterocycles. The van der Waals surface area contributed by atoms with Gasteiger partial charge in [0.25, 0.3) is 0 Å². The highest BCUT2D eigenvalue weighted by molar-refractivity contribution is 5.68. The SMILES string of the molecule is Nc1nc(O)c(N)c(NCC2(CO)CC2CO)n1. The molecule has 2 atom stereocenters. The molecule has 1 saturated carbocycles. The first-order valence-corrected chi connectivity index (χ1v) is 5.60. The van der Waals surface area contributed by atoms with Crippen LogP contribution in [0.5, 0.6) is 5.88 Å². The normalized spacial score (nSPS) is 26.0. The lowest BCUT2D eigenvalue weighted by atomic mass is 10.1. The third-order valence-corrected chi connectivity index (χ3v) is 3.44. The molecule has 0 bridgehead atoms. The van der Waals surface area contributed by atoms with Crippen LogP contribution in [0.25, 0.3) is 0 Å². The molecule has 2 rings (SSSR count). The summed E-state index contributed by atoms with van der Waals surface area (Å²) >= 11 is 0. The van der Waals surface area contributed by atoms with E-state index in [2.05, 4.69) is 15.3 Å². The first kappa shape index (κ1) is 12.7. The third kappa shape index (κ3) is 2.12. The topological polar surface area (TPSA) is 151 Å². The summed E-state index contributed by atoms with van der Waals surface area (Å²) in [5, 5.41) is 30.7. The van der Waals surface area contributed by atoms with Crippen LogP contribution in [-0.2, 0) is 0 Å². The Morgan fingerprint density at radius 1 is 1.33 bits per heavy atom. The van der Waals surface area contributed by atoms with Gasteiger partial charge in [-0.25, -0.2) is 0 Å². The number of nitrogens with one attached hydrogen (secondary N) is 1. The van der Waals surface area contributed by atoms with Crippen molar-refractivity contribution >= 4 is 17.5 Å². The number of hydrogen-bond donors (Lipinski definition) is 6. The smallest absolute Gasteiger partial charge is 0.241 e. The van der Waals surface area contributed by atoms with Crippen molar-refractivity contribution in [2.45, 2.75) is 6.42 Å². The predicted molar refractivity (Wildman–Crippen MR) is 65.7 cm³/mol. The molecule has 8 heteroatoms. The zero-order valence-corrected chi connectivity index (χ0v) is 9.80. The Morgan fingerprint density at radius 3 is 2.61 bits per heavy atom. The van der Waals surface area contributed by atoms with E-state index in [1.807, 2.05) is 0 Å². The summed E-state index contributed by atoms with van der Waals surface area (Å²) < 4.78 is 0. The molecule has 18 heavy (non-hydrogen) atoms. The lowest BCUT2D eigenvalue weighted by Crippen LogP contribution is -2.23. The fourth-order valence-corrected chi connectivity index (χ4v) is 2.02. The molecule has 0 spiro atoms. The molecule has 1 aromatic rings. The van der Waals surface area contributed by atoms with Gasteiger partial charge in [0.15, 0.2) is 5.82 Å². The average Bonchev–Trinajstić information content (AvgIpc) is 3.06. The summed E-state index contributed by atoms with van der Waals surface area (Å²) in [4.78, 5) is 7.39. The third-order valence-electron chi connectivity index (χ3n) is 3.44. The van der Waals surface area contributed by atoms with E-state index < -0.39 is 0 Å². The highest BCUT2D eigenvalue weighted by Crippen LogP contribution is 2.51. The highest BCUT2D eigenvalue weighted by Gasteiger charge is 2.53. The van der Waals surface area contributed by atoms with Gasteiger partial charge in [-0.3, -0.25) is 0 Å². The molecule has 0 aliphatic heterocycles. The molecular formula is C10H17N5O3. The summed E-state index contributed by atoms with van der Waals surface area (Å²) in [6, 6.07) is 0. The van der Waals surface area contributed by atoms with Crippen LogP contribution in [0, 0.1) is 11.3 Å². The standard InChI is InChI=1S/C10H17N5O3/c11-6-7(14-9(12)15-8(6)18)13-3-10(4-17)1-5(10)2-16/h5,16-17H,1-4,11H2,(H4,12,13,14,15,18). The van der Waals surface area contributed by atoms with Crippen LogP contribution < -0.4 is 16.8 Å². The van der Waals surface area contributed by atoms with Gasteiger partial charge in [0.05, 0.1) is 6.61 Å². The van der Waals surface area contributed by atoms with E-state index in [-0.39, 0.29) is 47.9 Å². The van der Waals surface area contributed by atoms with Crippen LogP contribution in [-0.4, -0.2) is 45.0 Å². The maximum absolute atomic E-state index is 9.40. The van der Waals surface area contributed by atoms with E-state index in [0.29, 0.717) is 6.54 Å². The molecule has 1 fully saturated rings. The number of nitrogens with zero attached hydrogens (tertiary/aromatic N) is 2. The van der Waals surface area contributed by atoms with Crippen LogP contribution in [0.2, 0.25) is 0 Å². The predicted octanol–water partition coefficient (Wildman–Crippen LogP) is -1.25. The minimum absolute atomic E-state index is 0.0125. The molecule has 0 aromatic carbocycles. The molecule has 0 amide bonds. The van der Waals surface area contributed by atoms with Crippen LogP contribution >= 0.6 is 0 Å². The number of nitrogen functional groups attached to an aromatic ring is 2. The average molecular weight is 255 g/mol. The maximum atomic E-state index is 9.40. The Kier molecular flexibility index (Phi) is 3.14. The molecule has 1 aliphatic carbocycles. The van der Waals surface area contributed by atoms with E-state index in [1.54, 1.807) is 0 Å². The molecule has 8 N–H and O–H groups in total. The second-order valence-corrected chi connectivity index (χ2v) is 4.63. The fraction of sp³-hybridized carbons (Fsp3) is 0.600. The second kappa shape index (κ2) is 4.46. The molecule has 2 unspecified atom stereocenters. The Bertz CT molecular complexity index is 455. The molecule has 100 valence electrons. The van der Waals surface area contributed by atoms with Crippen molar-refractivity contribution in [3.05, 3.63) is 0 Å². The first-order chi connectivity index (χ1) is 8.52. The lowest BCUT2D eigenvalue weighted by Gasteiger charge is -2.16. The fourth-order valence-electron chi connectivity index (χ4n) is 2.02. The van der Waals surface area contributed by atoms with E-state index in [9.17, 15) is 10.2 Å². The number of aliphatic hydroxyl groups is 2. The van der Waals surface area contributed by atoms with Crippen molar-refractivity contribution in [1.29, 1.82) is 0 Å². The largest absolute Gasteiger partial charge is 0.492 e. The molecule has 1 heterocycles. The quantitative estimate of drug-likeness (QED) is 0.382. The van der Waals surface area contributed by atoms with E-state index >= 15 is 0 Å². The van der Waals surface area contributed by atoms with Gasteiger partial charge in [-0.05, 0) is 12.3 Å². The van der Waals surface area contributed by atoms with Crippen LogP contribution in [0.3, 0.4) is 0 Å². The molecule has 8 nitrogen and oxygen atoms in total. The van der Waals surface area contributed by atoms with Crippen LogP contribution in [0.15, 0.2) is 0 Å². The molecule has 0 radical (unpaired) electrons. The van der Waals surface area contributed by atoms with E-state index in [0.717, 1.165) is 6.42 Å². The number of aromatic nitrogens is 2. The number of anilines is 3. The summed E-state index contributed by atoms with van der Waals surface area (Å²) in [6.45, 7) is 0.404. The monoisotopic (exact) mass is 255 g/mol. The van der Waals surface area contributed by atoms with Crippen molar-refractivity contribution in [2.75, 3.05) is 36.5 Å². The van der Waals surface area contributed by atoms with Gasteiger partial charge in [-0.15, -0.1) is 0 Å². The number of hydrogen-bond acceptors (Lipinski definition) is 8.